The second-order valence-electron chi connectivity index (χ2n) is 8.63. The fourth-order valence-corrected chi connectivity index (χ4v) is 5.13. The van der Waals surface area contributed by atoms with E-state index >= 15 is 0 Å². The molecule has 0 saturated carbocycles. The Hall–Kier alpha value is -3.15. The third-order valence-corrected chi connectivity index (χ3v) is 7.43. The monoisotopic (exact) mass is 531 g/mol. The number of hydrogen-bond donors (Lipinski definition) is 3. The van der Waals surface area contributed by atoms with Crippen molar-refractivity contribution in [2.24, 2.45) is 0 Å². The summed E-state index contributed by atoms with van der Waals surface area (Å²) in [5.74, 6) is -0.480. The van der Waals surface area contributed by atoms with Crippen LogP contribution in [0.25, 0.3) is 0 Å². The molecule has 2 unspecified atom stereocenters. The van der Waals surface area contributed by atoms with Gasteiger partial charge in [-0.3, -0.25) is 14.5 Å². The topological polar surface area (TPSA) is 126 Å². The summed E-state index contributed by atoms with van der Waals surface area (Å²) in [5.41, 5.74) is 7.71. The van der Waals surface area contributed by atoms with Crippen molar-refractivity contribution in [1.82, 2.24) is 25.2 Å². The zero-order valence-electron chi connectivity index (χ0n) is 19.9. The SMILES string of the molecule is CC(F)c1ccc(NC(=O)c2cnc(C(C)NC(=O)c3ncnc(N)c3CN3CCCC3)s2)cc1Cl. The van der Waals surface area contributed by atoms with Crippen molar-refractivity contribution >= 4 is 46.3 Å². The summed E-state index contributed by atoms with van der Waals surface area (Å²) in [6.45, 7) is 5.58. The lowest BCUT2D eigenvalue weighted by Crippen LogP contribution is -2.30. The molecule has 3 heterocycles. The fourth-order valence-electron chi connectivity index (χ4n) is 3.98. The predicted octanol–water partition coefficient (Wildman–Crippen LogP) is 4.54. The molecule has 1 aromatic carbocycles. The highest BCUT2D eigenvalue weighted by Gasteiger charge is 2.23. The molecule has 0 bridgehead atoms. The van der Waals surface area contributed by atoms with Crippen LogP contribution in [0.1, 0.15) is 75.2 Å². The molecule has 1 fully saturated rings. The van der Waals surface area contributed by atoms with Crippen LogP contribution in [0, 0.1) is 0 Å². The van der Waals surface area contributed by atoms with Crippen LogP contribution in [0.4, 0.5) is 15.9 Å². The number of benzene rings is 1. The Kier molecular flexibility index (Phi) is 8.12. The molecule has 9 nitrogen and oxygen atoms in total. The molecule has 2 atom stereocenters. The molecule has 4 N–H and O–H groups in total. The number of halogens is 2. The number of thiazole rings is 1. The van der Waals surface area contributed by atoms with Gasteiger partial charge in [-0.15, -0.1) is 11.3 Å². The first-order valence-electron chi connectivity index (χ1n) is 11.6. The highest BCUT2D eigenvalue weighted by Crippen LogP contribution is 2.29. The Morgan fingerprint density at radius 2 is 1.94 bits per heavy atom. The number of rotatable bonds is 8. The Bertz CT molecular complexity index is 1260. The average Bonchev–Trinajstić information content (AvgIpc) is 3.52. The standard InChI is InChI=1S/C24H27ClFN7O2S/c1-13(26)16-6-5-15(9-18(16)25)32-22(34)19-10-28-24(36-19)14(2)31-23(35)20-17(21(27)30-12-29-20)11-33-7-3-4-8-33/h5-6,9-10,12-14H,3-4,7-8,11H2,1-2H3,(H,31,35)(H,32,34)(H2,27,29,30). The Morgan fingerprint density at radius 3 is 2.64 bits per heavy atom. The highest BCUT2D eigenvalue weighted by atomic mass is 35.5. The van der Waals surface area contributed by atoms with Crippen LogP contribution >= 0.6 is 22.9 Å². The number of nitrogen functional groups attached to an aromatic ring is 1. The molecule has 4 rings (SSSR count). The lowest BCUT2D eigenvalue weighted by atomic mass is 10.1. The number of alkyl halides is 1. The molecule has 1 aliphatic heterocycles. The summed E-state index contributed by atoms with van der Waals surface area (Å²) in [7, 11) is 0. The van der Waals surface area contributed by atoms with Gasteiger partial charge in [-0.25, -0.2) is 19.3 Å². The van der Waals surface area contributed by atoms with Gasteiger partial charge in [0.15, 0.2) is 0 Å². The van der Waals surface area contributed by atoms with Crippen molar-refractivity contribution in [2.45, 2.75) is 45.4 Å². The van der Waals surface area contributed by atoms with Gasteiger partial charge in [-0.05, 0) is 51.9 Å². The molecular formula is C24H27ClFN7O2S. The van der Waals surface area contributed by atoms with E-state index in [1.54, 1.807) is 13.0 Å². The molecule has 2 amide bonds. The zero-order chi connectivity index (χ0) is 25.8. The summed E-state index contributed by atoms with van der Waals surface area (Å²) in [4.78, 5) is 40.9. The number of aromatic nitrogens is 3. The van der Waals surface area contributed by atoms with Gasteiger partial charge in [-0.2, -0.15) is 0 Å². The molecular weight excluding hydrogens is 505 g/mol. The van der Waals surface area contributed by atoms with Crippen molar-refractivity contribution in [3.05, 3.63) is 62.5 Å². The maximum Gasteiger partial charge on any atom is 0.270 e. The third kappa shape index (κ3) is 5.97. The van der Waals surface area contributed by atoms with Crippen molar-refractivity contribution in [1.29, 1.82) is 0 Å². The van der Waals surface area contributed by atoms with E-state index in [-0.39, 0.29) is 28.3 Å². The smallest absolute Gasteiger partial charge is 0.270 e. The van der Waals surface area contributed by atoms with E-state index in [1.807, 2.05) is 0 Å². The summed E-state index contributed by atoms with van der Waals surface area (Å²) in [5, 5.41) is 6.41. The van der Waals surface area contributed by atoms with Gasteiger partial charge in [0.25, 0.3) is 11.8 Å². The van der Waals surface area contributed by atoms with E-state index in [0.29, 0.717) is 33.2 Å². The summed E-state index contributed by atoms with van der Waals surface area (Å²) in [6, 6.07) is 4.16. The van der Waals surface area contributed by atoms with Crippen molar-refractivity contribution in [3.8, 4) is 0 Å². The van der Waals surface area contributed by atoms with Gasteiger partial charge >= 0.3 is 0 Å². The second kappa shape index (κ2) is 11.3. The van der Waals surface area contributed by atoms with Crippen LogP contribution in [0.15, 0.2) is 30.7 Å². The minimum absolute atomic E-state index is 0.235. The van der Waals surface area contributed by atoms with Crippen LogP contribution in [0.5, 0.6) is 0 Å². The Morgan fingerprint density at radius 1 is 1.19 bits per heavy atom. The summed E-state index contributed by atoms with van der Waals surface area (Å²) >= 11 is 7.26. The van der Waals surface area contributed by atoms with Crippen molar-refractivity contribution < 1.29 is 14.0 Å². The fraction of sp³-hybridized carbons (Fsp3) is 0.375. The van der Waals surface area contributed by atoms with Crippen LogP contribution in [0.2, 0.25) is 5.02 Å². The molecule has 36 heavy (non-hydrogen) atoms. The number of hydrogen-bond acceptors (Lipinski definition) is 8. The van der Waals surface area contributed by atoms with Crippen LogP contribution in [-0.4, -0.2) is 44.8 Å². The number of likely N-dealkylation sites (tertiary alicyclic amines) is 1. The highest BCUT2D eigenvalue weighted by molar-refractivity contribution is 7.13. The van der Waals surface area contributed by atoms with Crippen molar-refractivity contribution in [3.63, 3.8) is 0 Å². The van der Waals surface area contributed by atoms with E-state index in [1.165, 1.54) is 31.6 Å². The van der Waals surface area contributed by atoms with Gasteiger partial charge < -0.3 is 16.4 Å². The first kappa shape index (κ1) is 25.9. The lowest BCUT2D eigenvalue weighted by molar-refractivity contribution is 0.0932. The quantitative estimate of drug-likeness (QED) is 0.389. The molecule has 12 heteroatoms. The minimum atomic E-state index is -1.21. The number of amides is 2. The largest absolute Gasteiger partial charge is 0.383 e. The molecule has 190 valence electrons. The van der Waals surface area contributed by atoms with E-state index in [2.05, 4.69) is 30.5 Å². The summed E-state index contributed by atoms with van der Waals surface area (Å²) in [6.07, 6.45) is 3.74. The maximum absolute atomic E-state index is 13.5. The number of nitrogens with one attached hydrogen (secondary N) is 2. The lowest BCUT2D eigenvalue weighted by Gasteiger charge is -2.18. The third-order valence-electron chi connectivity index (χ3n) is 5.93. The van der Waals surface area contributed by atoms with E-state index < -0.39 is 12.2 Å². The molecule has 0 spiro atoms. The van der Waals surface area contributed by atoms with E-state index in [4.69, 9.17) is 17.3 Å². The number of carbonyl (C=O) groups excluding carboxylic acids is 2. The van der Waals surface area contributed by atoms with Crippen molar-refractivity contribution in [2.75, 3.05) is 24.1 Å². The minimum Gasteiger partial charge on any atom is -0.383 e. The molecule has 3 aromatic rings. The van der Waals surface area contributed by atoms with Crippen LogP contribution in [0.3, 0.4) is 0 Å². The van der Waals surface area contributed by atoms with Gasteiger partial charge in [0.1, 0.15) is 33.9 Å². The maximum atomic E-state index is 13.5. The molecule has 0 aliphatic carbocycles. The average molecular weight is 532 g/mol. The number of nitrogens with zero attached hydrogens (tertiary/aromatic N) is 4. The molecule has 0 radical (unpaired) electrons. The zero-order valence-corrected chi connectivity index (χ0v) is 21.5. The summed E-state index contributed by atoms with van der Waals surface area (Å²) < 4.78 is 13.5. The van der Waals surface area contributed by atoms with Gasteiger partial charge in [0.05, 0.1) is 12.2 Å². The molecule has 2 aromatic heterocycles. The normalized spacial score (nSPS) is 15.4. The first-order chi connectivity index (χ1) is 17.2. The van der Waals surface area contributed by atoms with Gasteiger partial charge in [0, 0.05) is 28.4 Å². The Labute approximate surface area is 217 Å². The number of nitrogens with two attached hydrogens (primary N) is 1. The Balaban J connectivity index is 1.42. The first-order valence-corrected chi connectivity index (χ1v) is 12.8. The number of anilines is 2. The van der Waals surface area contributed by atoms with Crippen LogP contribution < -0.4 is 16.4 Å². The predicted molar refractivity (Wildman–Crippen MR) is 138 cm³/mol. The van der Waals surface area contributed by atoms with E-state index in [9.17, 15) is 14.0 Å². The van der Waals surface area contributed by atoms with Gasteiger partial charge in [0.2, 0.25) is 0 Å². The molecule has 1 saturated heterocycles. The number of carbonyl (C=O) groups is 2. The second-order valence-corrected chi connectivity index (χ2v) is 10.1. The van der Waals surface area contributed by atoms with Gasteiger partial charge in [-0.1, -0.05) is 17.7 Å². The van der Waals surface area contributed by atoms with E-state index in [0.717, 1.165) is 37.3 Å². The molecule has 1 aliphatic rings. The van der Waals surface area contributed by atoms with Crippen LogP contribution in [-0.2, 0) is 6.54 Å².